The number of amides is 4. The van der Waals surface area contributed by atoms with Crippen LogP contribution in [0.25, 0.3) is 0 Å². The van der Waals surface area contributed by atoms with E-state index in [1.54, 1.807) is 25.7 Å². The summed E-state index contributed by atoms with van der Waals surface area (Å²) in [6, 6.07) is 25.8. The van der Waals surface area contributed by atoms with Crippen LogP contribution in [0.2, 0.25) is 0 Å². The Morgan fingerprint density at radius 1 is 0.736 bits per heavy atom. The Kier molecular flexibility index (Phi) is 15.4. The number of hydrogen-bond donors (Lipinski definition) is 4. The molecule has 1 aliphatic heterocycles. The lowest BCUT2D eigenvalue weighted by Crippen LogP contribution is -2.58. The molecule has 4 amide bonds. The third-order valence-electron chi connectivity index (χ3n) is 9.15. The third kappa shape index (κ3) is 13.6. The molecule has 0 spiro atoms. The van der Waals surface area contributed by atoms with Gasteiger partial charge in [0, 0.05) is 25.4 Å². The van der Waals surface area contributed by atoms with Crippen molar-refractivity contribution in [1.29, 1.82) is 0 Å². The molecule has 4 rings (SSSR count). The fourth-order valence-electron chi connectivity index (χ4n) is 6.37. The lowest BCUT2D eigenvalue weighted by atomic mass is 9.88. The first kappa shape index (κ1) is 41.0. The van der Waals surface area contributed by atoms with Crippen molar-refractivity contribution in [3.05, 3.63) is 108 Å². The van der Waals surface area contributed by atoms with E-state index in [-0.39, 0.29) is 31.1 Å². The number of hydrogen-bond acceptors (Lipinski definition) is 7. The van der Waals surface area contributed by atoms with Crippen molar-refractivity contribution in [3.63, 3.8) is 0 Å². The lowest BCUT2D eigenvalue weighted by molar-refractivity contribution is -0.141. The van der Waals surface area contributed by atoms with Crippen molar-refractivity contribution < 1.29 is 33.8 Å². The number of aliphatic hydroxyl groups excluding tert-OH is 1. The lowest BCUT2D eigenvalue weighted by Gasteiger charge is -2.32. The van der Waals surface area contributed by atoms with Gasteiger partial charge in [0.25, 0.3) is 0 Å². The van der Waals surface area contributed by atoms with Crippen molar-refractivity contribution in [2.45, 2.75) is 90.1 Å². The highest BCUT2D eigenvalue weighted by Crippen LogP contribution is 2.21. The predicted molar refractivity (Wildman–Crippen MR) is 204 cm³/mol. The van der Waals surface area contributed by atoms with Gasteiger partial charge in [-0.2, -0.15) is 0 Å². The van der Waals surface area contributed by atoms with Crippen LogP contribution in [0.5, 0.6) is 0 Å². The summed E-state index contributed by atoms with van der Waals surface area (Å²) >= 11 is 0. The van der Waals surface area contributed by atoms with Gasteiger partial charge in [-0.05, 0) is 62.6 Å². The Bertz CT molecular complexity index is 1590. The van der Waals surface area contributed by atoms with E-state index >= 15 is 0 Å². The minimum absolute atomic E-state index is 0.00733. The first-order valence-electron chi connectivity index (χ1n) is 18.6. The molecular weight excluding hydrogens is 672 g/mol. The molecule has 0 saturated carbocycles. The van der Waals surface area contributed by atoms with Crippen molar-refractivity contribution >= 4 is 23.8 Å². The zero-order chi connectivity index (χ0) is 38.4. The molecule has 0 unspecified atom stereocenters. The summed E-state index contributed by atoms with van der Waals surface area (Å²) in [5.74, 6) is -2.18. The normalized spacial score (nSPS) is 16.1. The average molecular weight is 729 g/mol. The van der Waals surface area contributed by atoms with Crippen LogP contribution in [0.3, 0.4) is 0 Å². The number of benzene rings is 3. The molecule has 11 nitrogen and oxygen atoms in total. The SMILES string of the molecule is CC(C)[C@H](NC(=O)[C@H](Cc1ccccc1)C[C@H](O)[C@H](Cc1ccccc1)NC(=O)OC(C)(C)C)C(=O)N[C@@H](Cc1ccccc1)C(=O)N1CCOCC1. The van der Waals surface area contributed by atoms with Crippen molar-refractivity contribution in [1.82, 2.24) is 20.9 Å². The summed E-state index contributed by atoms with van der Waals surface area (Å²) in [5.41, 5.74) is 1.92. The van der Waals surface area contributed by atoms with Gasteiger partial charge in [0.1, 0.15) is 17.7 Å². The van der Waals surface area contributed by atoms with Crippen molar-refractivity contribution in [2.24, 2.45) is 11.8 Å². The van der Waals surface area contributed by atoms with Gasteiger partial charge in [0.05, 0.1) is 25.4 Å². The molecule has 0 aromatic heterocycles. The molecule has 0 bridgehead atoms. The van der Waals surface area contributed by atoms with Gasteiger partial charge in [-0.1, -0.05) is 105 Å². The Morgan fingerprint density at radius 2 is 1.25 bits per heavy atom. The van der Waals surface area contributed by atoms with E-state index in [0.717, 1.165) is 16.7 Å². The molecule has 1 aliphatic rings. The number of morpholine rings is 1. The fraction of sp³-hybridized carbons (Fsp3) is 0.476. The minimum Gasteiger partial charge on any atom is -0.444 e. The molecule has 1 fully saturated rings. The van der Waals surface area contributed by atoms with Crippen LogP contribution < -0.4 is 16.0 Å². The number of rotatable bonds is 16. The Labute approximate surface area is 313 Å². The molecule has 53 heavy (non-hydrogen) atoms. The predicted octanol–water partition coefficient (Wildman–Crippen LogP) is 4.46. The highest BCUT2D eigenvalue weighted by atomic mass is 16.6. The van der Waals surface area contributed by atoms with E-state index in [2.05, 4.69) is 16.0 Å². The summed E-state index contributed by atoms with van der Waals surface area (Å²) < 4.78 is 11.0. The van der Waals surface area contributed by atoms with Gasteiger partial charge >= 0.3 is 6.09 Å². The number of carbonyl (C=O) groups excluding carboxylic acids is 4. The third-order valence-corrected chi connectivity index (χ3v) is 9.15. The van der Waals surface area contributed by atoms with Crippen molar-refractivity contribution in [3.8, 4) is 0 Å². The van der Waals surface area contributed by atoms with Crippen LogP contribution >= 0.6 is 0 Å². The van der Waals surface area contributed by atoms with E-state index < -0.39 is 53.7 Å². The summed E-state index contributed by atoms with van der Waals surface area (Å²) in [5, 5.41) is 20.5. The second-order valence-electron chi connectivity index (χ2n) is 15.1. The molecule has 11 heteroatoms. The highest BCUT2D eigenvalue weighted by molar-refractivity contribution is 5.93. The number of ether oxygens (including phenoxy) is 2. The first-order chi connectivity index (χ1) is 25.3. The molecule has 0 radical (unpaired) electrons. The van der Waals surface area contributed by atoms with Crippen molar-refractivity contribution in [2.75, 3.05) is 26.3 Å². The average Bonchev–Trinajstić information content (AvgIpc) is 3.13. The second-order valence-corrected chi connectivity index (χ2v) is 15.1. The molecule has 3 aromatic rings. The van der Waals surface area contributed by atoms with Crippen LogP contribution in [-0.2, 0) is 43.1 Å². The van der Waals surface area contributed by atoms with Crippen LogP contribution in [0.4, 0.5) is 4.79 Å². The number of alkyl carbamates (subject to hydrolysis) is 1. The van der Waals surface area contributed by atoms with Crippen LogP contribution in [-0.4, -0.2) is 90.0 Å². The second kappa shape index (κ2) is 19.9. The number of carbonyl (C=O) groups is 4. The molecule has 0 aliphatic carbocycles. The summed E-state index contributed by atoms with van der Waals surface area (Å²) in [6.07, 6.45) is -0.945. The Balaban J connectivity index is 1.55. The molecule has 5 atom stereocenters. The zero-order valence-electron chi connectivity index (χ0n) is 31.6. The molecular formula is C42H56N4O7. The quantitative estimate of drug-likeness (QED) is 0.171. The maximum absolute atomic E-state index is 14.2. The number of aliphatic hydroxyl groups is 1. The number of nitrogens with zero attached hydrogens (tertiary/aromatic N) is 1. The van der Waals surface area contributed by atoms with E-state index in [9.17, 15) is 24.3 Å². The highest BCUT2D eigenvalue weighted by Gasteiger charge is 2.35. The van der Waals surface area contributed by atoms with E-state index in [1.807, 2.05) is 105 Å². The summed E-state index contributed by atoms with van der Waals surface area (Å²) in [7, 11) is 0. The van der Waals surface area contributed by atoms with E-state index in [0.29, 0.717) is 32.7 Å². The van der Waals surface area contributed by atoms with Gasteiger partial charge in [0.15, 0.2) is 0 Å². The first-order valence-corrected chi connectivity index (χ1v) is 18.6. The van der Waals surface area contributed by atoms with Gasteiger partial charge in [-0.15, -0.1) is 0 Å². The van der Waals surface area contributed by atoms with Crippen LogP contribution in [0.15, 0.2) is 91.0 Å². The minimum atomic E-state index is -1.14. The number of nitrogens with one attached hydrogen (secondary N) is 3. The topological polar surface area (TPSA) is 146 Å². The summed E-state index contributed by atoms with van der Waals surface area (Å²) in [6.45, 7) is 10.7. The maximum Gasteiger partial charge on any atom is 0.407 e. The Hall–Kier alpha value is -4.74. The van der Waals surface area contributed by atoms with E-state index in [4.69, 9.17) is 9.47 Å². The van der Waals surface area contributed by atoms with Gasteiger partial charge in [-0.25, -0.2) is 4.79 Å². The molecule has 1 saturated heterocycles. The smallest absolute Gasteiger partial charge is 0.407 e. The maximum atomic E-state index is 14.2. The van der Waals surface area contributed by atoms with E-state index in [1.165, 1.54) is 0 Å². The standard InChI is InChI=1S/C42H56N4O7/c1-29(2)37(39(49)43-35(27-32-19-13-8-14-20-32)40(50)46-21-23-52-24-22-46)45-38(48)33(25-30-15-9-6-10-16-30)28-36(47)34(26-31-17-11-7-12-18-31)44-41(51)53-42(3,4)5/h6-20,29,33-37,47H,21-28H2,1-5H3,(H,43,49)(H,44,51)(H,45,48)/t33-,34+,35+,36+,37+/m1/s1. The van der Waals surface area contributed by atoms with Gasteiger partial charge < -0.3 is 35.4 Å². The largest absolute Gasteiger partial charge is 0.444 e. The molecule has 3 aromatic carbocycles. The molecule has 4 N–H and O–H groups in total. The van der Waals surface area contributed by atoms with Gasteiger partial charge in [-0.3, -0.25) is 14.4 Å². The molecule has 286 valence electrons. The fourth-order valence-corrected chi connectivity index (χ4v) is 6.37. The monoisotopic (exact) mass is 728 g/mol. The molecule has 1 heterocycles. The summed E-state index contributed by atoms with van der Waals surface area (Å²) in [4.78, 5) is 56.6. The Morgan fingerprint density at radius 3 is 1.75 bits per heavy atom. The van der Waals surface area contributed by atoms with Crippen LogP contribution in [0.1, 0.15) is 57.7 Å². The van der Waals surface area contributed by atoms with Crippen LogP contribution in [0, 0.1) is 11.8 Å². The van der Waals surface area contributed by atoms with Gasteiger partial charge in [0.2, 0.25) is 17.7 Å². The zero-order valence-corrected chi connectivity index (χ0v) is 31.6.